The summed E-state index contributed by atoms with van der Waals surface area (Å²) >= 11 is 2.55. The fourth-order valence-corrected chi connectivity index (χ4v) is 10.5. The molecule has 0 saturated carbocycles. The molecule has 1 aliphatic rings. The molecule has 306 valence electrons. The monoisotopic (exact) mass is 989 g/mol. The predicted molar refractivity (Wildman–Crippen MR) is 250 cm³/mol. The molecule has 5 nitrogen and oxygen atoms in total. The van der Waals surface area contributed by atoms with Gasteiger partial charge >= 0.3 is 296 Å². The molecule has 0 N–H and O–H groups in total. The molecule has 62 heavy (non-hydrogen) atoms. The van der Waals surface area contributed by atoms with Crippen LogP contribution in [0.15, 0.2) is 182 Å². The molecule has 0 spiro atoms. The van der Waals surface area contributed by atoms with E-state index in [2.05, 4.69) is 171 Å². The number of nitrogens with zero attached hydrogens (tertiary/aromatic N) is 4. The van der Waals surface area contributed by atoms with Crippen molar-refractivity contribution in [1.29, 1.82) is 0 Å². The maximum atomic E-state index is 9.08. The second-order valence-electron chi connectivity index (χ2n) is 17.1. The Kier molecular flexibility index (Phi) is 8.47. The van der Waals surface area contributed by atoms with E-state index < -0.39 is 0 Å². The SMILES string of the molecule is [2H]c1c([2H])c([2H])c2c(c1[2H])c1ccc(Oc3ccc4c(c3)C(n3[c](=[Pt])n(-c5c(-c6ccccc6)cccc5-c5ccccc5)c5ccccc53)CCC4)cc1n2-c1cc(C(C)(C)C)ccn1. The van der Waals surface area contributed by atoms with Gasteiger partial charge in [-0.15, -0.1) is 0 Å². The summed E-state index contributed by atoms with van der Waals surface area (Å²) in [5, 5.41) is 1.15. The van der Waals surface area contributed by atoms with Crippen LogP contribution in [-0.2, 0) is 31.2 Å². The number of benzene rings is 7. The average molecular weight is 990 g/mol. The molecule has 1 unspecified atom stereocenters. The molecule has 0 radical (unpaired) electrons. The quantitative estimate of drug-likeness (QED) is 0.160. The molecule has 0 bridgehead atoms. The van der Waals surface area contributed by atoms with Crippen LogP contribution in [0.5, 0.6) is 11.5 Å². The van der Waals surface area contributed by atoms with Crippen LogP contribution in [0.2, 0.25) is 0 Å². The number of pyridine rings is 1. The number of aromatic nitrogens is 4. The molecular formula is C56H46N4OPt. The van der Waals surface area contributed by atoms with E-state index in [1.54, 1.807) is 6.20 Å². The van der Waals surface area contributed by atoms with Gasteiger partial charge in [-0.3, -0.25) is 0 Å². The summed E-state index contributed by atoms with van der Waals surface area (Å²) in [6.45, 7) is 6.43. The first-order valence-electron chi connectivity index (χ1n) is 23.2. The molecule has 10 aromatic rings. The number of aryl methyl sites for hydroxylation is 1. The van der Waals surface area contributed by atoms with Crippen LogP contribution in [0.3, 0.4) is 0 Å². The Labute approximate surface area is 378 Å². The third kappa shape index (κ3) is 6.58. The zero-order valence-corrected chi connectivity index (χ0v) is 37.0. The summed E-state index contributed by atoms with van der Waals surface area (Å²) in [5.74, 6) is 1.88. The third-order valence-corrected chi connectivity index (χ3v) is 13.4. The van der Waals surface area contributed by atoms with Gasteiger partial charge in [-0.25, -0.2) is 4.98 Å². The van der Waals surface area contributed by atoms with Crippen LogP contribution < -0.4 is 4.74 Å². The fraction of sp³-hybridized carbons (Fsp3) is 0.143. The standard InChI is InChI=1S/C56H46N4O.Pt/c1-56(2,3)41-32-33-57-54(34-41)60-50-24-11-10-21-46(50)47-31-30-43(36-53(47)60)61-42-29-28-40-20-14-27-49(48(40)35-42)58-37-59(52-26-13-12-25-51(52)58)55-44(38-16-6-4-7-17-38)22-15-23-45(55)39-18-8-5-9-19-39;/h4-13,15-19,21-26,28-36,49H,14,20,27H2,1-3H3;/i10D,11D,21D,24D;. The van der Waals surface area contributed by atoms with E-state index in [-0.39, 0.29) is 35.6 Å². The number of ether oxygens (including phenoxy) is 1. The van der Waals surface area contributed by atoms with Crippen LogP contribution in [0, 0.1) is 3.80 Å². The summed E-state index contributed by atoms with van der Waals surface area (Å²) in [6.07, 6.45) is 4.76. The average Bonchev–Trinajstić information content (AvgIpc) is 3.83. The van der Waals surface area contributed by atoms with E-state index in [4.69, 9.17) is 15.2 Å². The summed E-state index contributed by atoms with van der Waals surface area (Å²) in [7, 11) is 0. The van der Waals surface area contributed by atoms with E-state index in [0.717, 1.165) is 67.6 Å². The molecule has 0 fully saturated rings. The van der Waals surface area contributed by atoms with E-state index >= 15 is 0 Å². The second-order valence-corrected chi connectivity index (χ2v) is 18.1. The number of para-hydroxylation sites is 4. The van der Waals surface area contributed by atoms with Crippen molar-refractivity contribution in [2.75, 3.05) is 0 Å². The Hall–Kier alpha value is -6.55. The fourth-order valence-electron chi connectivity index (χ4n) is 9.35. The van der Waals surface area contributed by atoms with Gasteiger partial charge in [-0.2, -0.15) is 0 Å². The van der Waals surface area contributed by atoms with Crippen molar-refractivity contribution in [3.05, 3.63) is 203 Å². The van der Waals surface area contributed by atoms with Crippen LogP contribution in [0.4, 0.5) is 0 Å². The van der Waals surface area contributed by atoms with E-state index in [1.165, 1.54) is 11.1 Å². The molecular weight excluding hydrogens is 940 g/mol. The molecule has 1 aliphatic carbocycles. The van der Waals surface area contributed by atoms with Crippen molar-refractivity contribution in [3.8, 4) is 45.3 Å². The van der Waals surface area contributed by atoms with Gasteiger partial charge in [-0.1, -0.05) is 38.9 Å². The Bertz CT molecular complexity index is 3550. The van der Waals surface area contributed by atoms with Crippen LogP contribution in [-0.4, -0.2) is 18.7 Å². The first kappa shape index (κ1) is 34.1. The van der Waals surface area contributed by atoms with E-state index in [0.29, 0.717) is 39.1 Å². The minimum absolute atomic E-state index is 0.0373. The van der Waals surface area contributed by atoms with Crippen molar-refractivity contribution in [3.63, 3.8) is 0 Å². The Balaban J connectivity index is 1.05. The summed E-state index contributed by atoms with van der Waals surface area (Å²) in [4.78, 5) is 4.77. The zero-order valence-electron chi connectivity index (χ0n) is 38.7. The topological polar surface area (TPSA) is 36.9 Å². The van der Waals surface area contributed by atoms with Crippen LogP contribution in [0.1, 0.15) is 61.8 Å². The van der Waals surface area contributed by atoms with Crippen molar-refractivity contribution in [2.24, 2.45) is 0 Å². The molecule has 0 amide bonds. The van der Waals surface area contributed by atoms with Gasteiger partial charge in [-0.05, 0) is 29.2 Å². The summed E-state index contributed by atoms with van der Waals surface area (Å²) in [5.41, 5.74) is 12.6. The Morgan fingerprint density at radius 3 is 2.06 bits per heavy atom. The smallest absolute Gasteiger partial charge is 0.239 e. The van der Waals surface area contributed by atoms with Gasteiger partial charge in [0, 0.05) is 6.20 Å². The molecule has 1 atom stereocenters. The molecule has 3 aromatic heterocycles. The predicted octanol–water partition coefficient (Wildman–Crippen LogP) is 14.4. The Morgan fingerprint density at radius 1 is 0.645 bits per heavy atom. The third-order valence-electron chi connectivity index (χ3n) is 12.3. The molecule has 11 rings (SSSR count). The van der Waals surface area contributed by atoms with Gasteiger partial charge < -0.3 is 0 Å². The first-order chi connectivity index (χ1) is 32.0. The van der Waals surface area contributed by atoms with Gasteiger partial charge in [0.25, 0.3) is 0 Å². The molecule has 7 aromatic carbocycles. The molecule has 6 heteroatoms. The number of hydrogen-bond donors (Lipinski definition) is 0. The van der Waals surface area contributed by atoms with Gasteiger partial charge in [0.15, 0.2) is 0 Å². The van der Waals surface area contributed by atoms with Gasteiger partial charge in [0.05, 0.1) is 5.48 Å². The molecule has 0 saturated heterocycles. The van der Waals surface area contributed by atoms with Crippen LogP contribution >= 0.6 is 0 Å². The zero-order chi connectivity index (χ0) is 45.4. The van der Waals surface area contributed by atoms with Crippen LogP contribution in [0.25, 0.3) is 66.6 Å². The van der Waals surface area contributed by atoms with Gasteiger partial charge in [0.2, 0.25) is 0 Å². The summed E-state index contributed by atoms with van der Waals surface area (Å²) in [6, 6.07) is 52.2. The van der Waals surface area contributed by atoms with Crippen molar-refractivity contribution < 1.29 is 29.6 Å². The molecule has 3 heterocycles. The van der Waals surface area contributed by atoms with E-state index in [9.17, 15) is 0 Å². The number of rotatable bonds is 7. The molecule has 0 aliphatic heterocycles. The van der Waals surface area contributed by atoms with Crippen molar-refractivity contribution >= 4 is 32.8 Å². The van der Waals surface area contributed by atoms with Crippen molar-refractivity contribution in [2.45, 2.75) is 51.5 Å². The van der Waals surface area contributed by atoms with E-state index in [1.807, 2.05) is 34.9 Å². The minimum Gasteiger partial charge on any atom is -0.239 e. The number of hydrogen-bond acceptors (Lipinski definition) is 2. The number of imidazole rings is 1. The van der Waals surface area contributed by atoms with Gasteiger partial charge in [0.1, 0.15) is 0 Å². The normalized spacial score (nSPS) is 15.0. The summed E-state index contributed by atoms with van der Waals surface area (Å²) < 4.78 is 50.0. The maximum absolute atomic E-state index is 9.08. The second kappa shape index (κ2) is 15.4. The Morgan fingerprint density at radius 2 is 1.32 bits per heavy atom. The number of fused-ring (bicyclic) bond motifs is 5. The minimum atomic E-state index is -0.281. The van der Waals surface area contributed by atoms with Crippen molar-refractivity contribution in [1.82, 2.24) is 18.7 Å². The first-order valence-corrected chi connectivity index (χ1v) is 22.3.